The molecule has 4 nitrogen and oxygen atoms in total. The number of nitrogens with one attached hydrogen (secondary N) is 2. The summed E-state index contributed by atoms with van der Waals surface area (Å²) in [5.74, 6) is 0.992. The van der Waals surface area contributed by atoms with Crippen molar-refractivity contribution in [1.82, 2.24) is 10.6 Å². The van der Waals surface area contributed by atoms with Gasteiger partial charge in [-0.15, -0.1) is 12.4 Å². The predicted molar refractivity (Wildman–Crippen MR) is 87.0 cm³/mol. The molecule has 0 radical (unpaired) electrons. The lowest BCUT2D eigenvalue weighted by Gasteiger charge is -2.22. The number of benzene rings is 1. The van der Waals surface area contributed by atoms with Gasteiger partial charge in [-0.25, -0.2) is 0 Å². The van der Waals surface area contributed by atoms with Gasteiger partial charge in [0, 0.05) is 6.54 Å². The van der Waals surface area contributed by atoms with E-state index >= 15 is 0 Å². The maximum Gasteiger partial charge on any atom is 0.237 e. The van der Waals surface area contributed by atoms with Gasteiger partial charge in [0.2, 0.25) is 5.91 Å². The second-order valence-electron chi connectivity index (χ2n) is 5.21. The first-order chi connectivity index (χ1) is 9.79. The minimum atomic E-state index is -0.0177. The zero-order chi connectivity index (χ0) is 14.2. The Morgan fingerprint density at radius 3 is 2.71 bits per heavy atom. The standard InChI is InChI=1S/C16H24N2O2.ClH/c1-2-11-20-14-8-6-13(7-9-14)12-18-16(19)15-5-3-4-10-17-15;/h6-9,15,17H,2-5,10-12H2,1H3,(H,18,19);1H. The molecular weight excluding hydrogens is 288 g/mol. The zero-order valence-electron chi connectivity index (χ0n) is 12.6. The van der Waals surface area contributed by atoms with Gasteiger partial charge in [0.05, 0.1) is 12.6 Å². The van der Waals surface area contributed by atoms with E-state index in [0.29, 0.717) is 6.54 Å². The number of carbonyl (C=O) groups excluding carboxylic acids is 1. The Balaban J connectivity index is 0.00000220. The van der Waals surface area contributed by atoms with Crippen LogP contribution in [0.1, 0.15) is 38.2 Å². The molecule has 0 saturated carbocycles. The van der Waals surface area contributed by atoms with Crippen molar-refractivity contribution < 1.29 is 9.53 Å². The highest BCUT2D eigenvalue weighted by atomic mass is 35.5. The molecule has 1 heterocycles. The quantitative estimate of drug-likeness (QED) is 0.849. The van der Waals surface area contributed by atoms with Crippen molar-refractivity contribution in [3.63, 3.8) is 0 Å². The third kappa shape index (κ3) is 5.94. The lowest BCUT2D eigenvalue weighted by molar-refractivity contribution is -0.123. The van der Waals surface area contributed by atoms with Gasteiger partial charge in [-0.2, -0.15) is 0 Å². The Hall–Kier alpha value is -1.26. The predicted octanol–water partition coefficient (Wildman–Crippen LogP) is 2.66. The molecule has 1 saturated heterocycles. The largest absolute Gasteiger partial charge is 0.494 e. The second kappa shape index (κ2) is 9.64. The molecule has 0 spiro atoms. The monoisotopic (exact) mass is 312 g/mol. The van der Waals surface area contributed by atoms with Crippen molar-refractivity contribution in [3.05, 3.63) is 29.8 Å². The van der Waals surface area contributed by atoms with E-state index < -0.39 is 0 Å². The summed E-state index contributed by atoms with van der Waals surface area (Å²) in [7, 11) is 0. The molecule has 2 rings (SSSR count). The smallest absolute Gasteiger partial charge is 0.237 e. The summed E-state index contributed by atoms with van der Waals surface area (Å²) in [5.41, 5.74) is 1.10. The van der Waals surface area contributed by atoms with Crippen molar-refractivity contribution in [2.24, 2.45) is 0 Å². The van der Waals surface area contributed by atoms with Crippen molar-refractivity contribution in [2.45, 2.75) is 45.2 Å². The number of carbonyl (C=O) groups is 1. The fourth-order valence-electron chi connectivity index (χ4n) is 2.31. The van der Waals surface area contributed by atoms with Gasteiger partial charge in [-0.1, -0.05) is 25.5 Å². The molecule has 1 fully saturated rings. The molecule has 0 aromatic heterocycles. The molecule has 1 amide bonds. The summed E-state index contributed by atoms with van der Waals surface area (Å²) < 4.78 is 5.53. The Kier molecular flexibility index (Phi) is 8.16. The van der Waals surface area contributed by atoms with Crippen LogP contribution in [0.5, 0.6) is 5.75 Å². The van der Waals surface area contributed by atoms with E-state index in [0.717, 1.165) is 43.7 Å². The van der Waals surface area contributed by atoms with Crippen LogP contribution >= 0.6 is 12.4 Å². The highest BCUT2D eigenvalue weighted by molar-refractivity contribution is 5.85. The number of ether oxygens (including phenoxy) is 1. The SMILES string of the molecule is CCCOc1ccc(CNC(=O)C2CCCCN2)cc1.Cl. The normalized spacial score (nSPS) is 17.7. The van der Waals surface area contributed by atoms with E-state index in [1.165, 1.54) is 6.42 Å². The molecule has 5 heteroatoms. The minimum Gasteiger partial charge on any atom is -0.494 e. The van der Waals surface area contributed by atoms with Crippen LogP contribution in [-0.4, -0.2) is 25.1 Å². The number of rotatable bonds is 6. The number of piperidine rings is 1. The molecule has 0 bridgehead atoms. The van der Waals surface area contributed by atoms with Crippen LogP contribution in [0.2, 0.25) is 0 Å². The van der Waals surface area contributed by atoms with Gasteiger partial charge in [-0.05, 0) is 43.5 Å². The third-order valence-corrected chi connectivity index (χ3v) is 3.49. The number of hydrogen-bond donors (Lipinski definition) is 2. The molecule has 1 aliphatic heterocycles. The molecule has 118 valence electrons. The minimum absolute atomic E-state index is 0. The van der Waals surface area contributed by atoms with E-state index in [-0.39, 0.29) is 24.4 Å². The molecule has 2 N–H and O–H groups in total. The van der Waals surface area contributed by atoms with Crippen LogP contribution in [0.3, 0.4) is 0 Å². The fourth-order valence-corrected chi connectivity index (χ4v) is 2.31. The van der Waals surface area contributed by atoms with Crippen molar-refractivity contribution in [2.75, 3.05) is 13.2 Å². The van der Waals surface area contributed by atoms with Crippen molar-refractivity contribution >= 4 is 18.3 Å². The van der Waals surface area contributed by atoms with E-state index in [1.54, 1.807) is 0 Å². The van der Waals surface area contributed by atoms with Gasteiger partial charge >= 0.3 is 0 Å². The molecule has 21 heavy (non-hydrogen) atoms. The number of amides is 1. The van der Waals surface area contributed by atoms with Gasteiger partial charge < -0.3 is 15.4 Å². The Morgan fingerprint density at radius 1 is 1.33 bits per heavy atom. The number of hydrogen-bond acceptors (Lipinski definition) is 3. The fraction of sp³-hybridized carbons (Fsp3) is 0.562. The maximum absolute atomic E-state index is 12.0. The summed E-state index contributed by atoms with van der Waals surface area (Å²) in [5, 5.41) is 6.24. The molecule has 1 aliphatic rings. The van der Waals surface area contributed by atoms with Crippen LogP contribution in [0, 0.1) is 0 Å². The molecule has 1 unspecified atom stereocenters. The van der Waals surface area contributed by atoms with E-state index in [2.05, 4.69) is 17.6 Å². The second-order valence-corrected chi connectivity index (χ2v) is 5.21. The average Bonchev–Trinajstić information content (AvgIpc) is 2.52. The maximum atomic E-state index is 12.0. The summed E-state index contributed by atoms with van der Waals surface area (Å²) in [6.07, 6.45) is 4.25. The first kappa shape index (κ1) is 17.8. The van der Waals surface area contributed by atoms with E-state index in [9.17, 15) is 4.79 Å². The van der Waals surface area contributed by atoms with Gasteiger partial charge in [0.1, 0.15) is 5.75 Å². The first-order valence-electron chi connectivity index (χ1n) is 7.52. The van der Waals surface area contributed by atoms with E-state index in [4.69, 9.17) is 4.74 Å². The van der Waals surface area contributed by atoms with Crippen LogP contribution in [0.15, 0.2) is 24.3 Å². The Bertz CT molecular complexity index is 417. The molecular formula is C16H25ClN2O2. The highest BCUT2D eigenvalue weighted by Crippen LogP contribution is 2.12. The Morgan fingerprint density at radius 2 is 2.10 bits per heavy atom. The van der Waals surface area contributed by atoms with Crippen molar-refractivity contribution in [1.29, 1.82) is 0 Å². The van der Waals surface area contributed by atoms with Gasteiger partial charge in [-0.3, -0.25) is 4.79 Å². The van der Waals surface area contributed by atoms with Crippen molar-refractivity contribution in [3.8, 4) is 5.75 Å². The van der Waals surface area contributed by atoms with Crippen LogP contribution < -0.4 is 15.4 Å². The Labute approximate surface area is 133 Å². The molecule has 1 atom stereocenters. The van der Waals surface area contributed by atoms with E-state index in [1.807, 2.05) is 24.3 Å². The molecule has 1 aromatic rings. The third-order valence-electron chi connectivity index (χ3n) is 3.49. The lowest BCUT2D eigenvalue weighted by Crippen LogP contribution is -2.46. The van der Waals surface area contributed by atoms with Gasteiger partial charge in [0.25, 0.3) is 0 Å². The summed E-state index contributed by atoms with van der Waals surface area (Å²) >= 11 is 0. The van der Waals surface area contributed by atoms with Gasteiger partial charge in [0.15, 0.2) is 0 Å². The van der Waals surface area contributed by atoms with Crippen LogP contribution in [-0.2, 0) is 11.3 Å². The highest BCUT2D eigenvalue weighted by Gasteiger charge is 2.19. The zero-order valence-corrected chi connectivity index (χ0v) is 13.4. The van der Waals surface area contributed by atoms with Crippen LogP contribution in [0.4, 0.5) is 0 Å². The molecule has 1 aromatic carbocycles. The summed E-state index contributed by atoms with van der Waals surface area (Å²) in [6.45, 7) is 4.35. The summed E-state index contributed by atoms with van der Waals surface area (Å²) in [4.78, 5) is 12.0. The first-order valence-corrected chi connectivity index (χ1v) is 7.52. The summed E-state index contributed by atoms with van der Waals surface area (Å²) in [6, 6.07) is 7.89. The lowest BCUT2D eigenvalue weighted by atomic mass is 10.0. The topological polar surface area (TPSA) is 50.4 Å². The average molecular weight is 313 g/mol. The van der Waals surface area contributed by atoms with Crippen LogP contribution in [0.25, 0.3) is 0 Å². The number of halogens is 1. The molecule has 0 aliphatic carbocycles.